The predicted molar refractivity (Wildman–Crippen MR) is 65.9 cm³/mol. The Bertz CT molecular complexity index is 460. The minimum Gasteiger partial charge on any atom is -0.504 e. The molecule has 2 aliphatic rings. The van der Waals surface area contributed by atoms with E-state index in [9.17, 15) is 14.7 Å². The van der Waals surface area contributed by atoms with Gasteiger partial charge < -0.3 is 9.84 Å². The van der Waals surface area contributed by atoms with Crippen molar-refractivity contribution in [3.05, 3.63) is 23.5 Å². The lowest BCUT2D eigenvalue weighted by atomic mass is 9.62. The van der Waals surface area contributed by atoms with E-state index in [1.165, 1.54) is 13.0 Å². The molecule has 0 aromatic rings. The van der Waals surface area contributed by atoms with Crippen LogP contribution in [0.1, 0.15) is 33.6 Å². The molecule has 4 heteroatoms. The summed E-state index contributed by atoms with van der Waals surface area (Å²) in [5, 5.41) is 9.63. The van der Waals surface area contributed by atoms with Gasteiger partial charge in [0.2, 0.25) is 5.78 Å². The van der Waals surface area contributed by atoms with Crippen LogP contribution in [0.5, 0.6) is 0 Å². The molecule has 0 radical (unpaired) electrons. The van der Waals surface area contributed by atoms with E-state index in [1.54, 1.807) is 6.08 Å². The SMILES string of the molecule is CC(=O)OC1CCC2=CC(=O)C(O)=CC2(C)C1C. The van der Waals surface area contributed by atoms with E-state index in [0.29, 0.717) is 6.42 Å². The summed E-state index contributed by atoms with van der Waals surface area (Å²) in [7, 11) is 0. The van der Waals surface area contributed by atoms with E-state index in [0.717, 1.165) is 12.0 Å². The van der Waals surface area contributed by atoms with Crippen LogP contribution in [0.15, 0.2) is 23.5 Å². The lowest BCUT2D eigenvalue weighted by Crippen LogP contribution is -2.43. The monoisotopic (exact) mass is 250 g/mol. The molecule has 2 aliphatic carbocycles. The van der Waals surface area contributed by atoms with Crippen LogP contribution in [0, 0.1) is 11.3 Å². The first-order valence-electron chi connectivity index (χ1n) is 6.19. The highest BCUT2D eigenvalue weighted by Gasteiger charge is 2.45. The fraction of sp³-hybridized carbons (Fsp3) is 0.571. The van der Waals surface area contributed by atoms with Crippen LogP contribution in [0.25, 0.3) is 0 Å². The Labute approximate surface area is 106 Å². The van der Waals surface area contributed by atoms with Gasteiger partial charge in [-0.05, 0) is 25.0 Å². The predicted octanol–water partition coefficient (Wildman–Crippen LogP) is 2.31. The minimum atomic E-state index is -0.406. The van der Waals surface area contributed by atoms with Gasteiger partial charge in [0.1, 0.15) is 6.10 Å². The van der Waals surface area contributed by atoms with Crippen LogP contribution in [0.2, 0.25) is 0 Å². The van der Waals surface area contributed by atoms with Gasteiger partial charge in [0.15, 0.2) is 5.76 Å². The lowest BCUT2D eigenvalue weighted by molar-refractivity contribution is -0.152. The molecule has 3 atom stereocenters. The van der Waals surface area contributed by atoms with Crippen molar-refractivity contribution in [3.8, 4) is 0 Å². The molecule has 2 rings (SSSR count). The maximum absolute atomic E-state index is 11.5. The smallest absolute Gasteiger partial charge is 0.302 e. The average Bonchev–Trinajstić information content (AvgIpc) is 2.27. The molecule has 0 aromatic carbocycles. The van der Waals surface area contributed by atoms with Crippen molar-refractivity contribution in [2.45, 2.75) is 39.7 Å². The van der Waals surface area contributed by atoms with E-state index in [1.807, 2.05) is 13.8 Å². The summed E-state index contributed by atoms with van der Waals surface area (Å²) in [6.45, 7) is 5.36. The number of hydrogen-bond acceptors (Lipinski definition) is 4. The molecule has 0 amide bonds. The van der Waals surface area contributed by atoms with Crippen molar-refractivity contribution < 1.29 is 19.4 Å². The van der Waals surface area contributed by atoms with Gasteiger partial charge in [0.05, 0.1) is 0 Å². The molecule has 0 heterocycles. The molecule has 0 aromatic heterocycles. The van der Waals surface area contributed by atoms with Crippen LogP contribution >= 0.6 is 0 Å². The zero-order valence-corrected chi connectivity index (χ0v) is 10.9. The first-order chi connectivity index (χ1) is 8.34. The van der Waals surface area contributed by atoms with Gasteiger partial charge in [0, 0.05) is 18.3 Å². The van der Waals surface area contributed by atoms with Gasteiger partial charge in [-0.15, -0.1) is 0 Å². The summed E-state index contributed by atoms with van der Waals surface area (Å²) in [6.07, 6.45) is 4.40. The molecule has 1 N–H and O–H groups in total. The van der Waals surface area contributed by atoms with E-state index in [-0.39, 0.29) is 29.5 Å². The van der Waals surface area contributed by atoms with Crippen molar-refractivity contribution in [2.75, 3.05) is 0 Å². The molecule has 0 saturated heterocycles. The number of ketones is 1. The molecular formula is C14H18O4. The quantitative estimate of drug-likeness (QED) is 0.725. The average molecular weight is 250 g/mol. The Kier molecular flexibility index (Phi) is 3.05. The number of carbonyl (C=O) groups excluding carboxylic acids is 2. The number of allylic oxidation sites excluding steroid dienone is 3. The Morgan fingerprint density at radius 2 is 2.22 bits per heavy atom. The molecule has 98 valence electrons. The molecule has 18 heavy (non-hydrogen) atoms. The molecule has 1 fully saturated rings. The topological polar surface area (TPSA) is 63.6 Å². The number of esters is 1. The zero-order valence-electron chi connectivity index (χ0n) is 10.9. The maximum Gasteiger partial charge on any atom is 0.302 e. The van der Waals surface area contributed by atoms with Crippen LogP contribution in [0.4, 0.5) is 0 Å². The number of fused-ring (bicyclic) bond motifs is 1. The second kappa shape index (κ2) is 4.26. The third kappa shape index (κ3) is 1.96. The summed E-state index contributed by atoms with van der Waals surface area (Å²) >= 11 is 0. The largest absolute Gasteiger partial charge is 0.504 e. The fourth-order valence-electron chi connectivity index (χ4n) is 2.91. The van der Waals surface area contributed by atoms with E-state index in [2.05, 4.69) is 0 Å². The third-order valence-electron chi connectivity index (χ3n) is 4.21. The molecule has 0 aliphatic heterocycles. The number of hydrogen-bond donors (Lipinski definition) is 1. The third-order valence-corrected chi connectivity index (χ3v) is 4.21. The first kappa shape index (κ1) is 12.9. The van der Waals surface area contributed by atoms with E-state index >= 15 is 0 Å². The van der Waals surface area contributed by atoms with Gasteiger partial charge >= 0.3 is 5.97 Å². The molecule has 1 saturated carbocycles. The van der Waals surface area contributed by atoms with E-state index in [4.69, 9.17) is 4.74 Å². The second-order valence-electron chi connectivity index (χ2n) is 5.32. The summed E-state index contributed by atoms with van der Waals surface area (Å²) in [5.74, 6) is -0.795. The highest BCUT2D eigenvalue weighted by molar-refractivity contribution is 6.04. The molecule has 0 spiro atoms. The molecule has 4 nitrogen and oxygen atoms in total. The Balaban J connectivity index is 2.32. The number of carbonyl (C=O) groups is 2. The number of ether oxygens (including phenoxy) is 1. The van der Waals surface area contributed by atoms with E-state index < -0.39 is 5.41 Å². The summed E-state index contributed by atoms with van der Waals surface area (Å²) in [6, 6.07) is 0. The van der Waals surface area contributed by atoms with Gasteiger partial charge in [-0.1, -0.05) is 19.4 Å². The Hall–Kier alpha value is -1.58. The fourth-order valence-corrected chi connectivity index (χ4v) is 2.91. The maximum atomic E-state index is 11.5. The van der Waals surface area contributed by atoms with Crippen molar-refractivity contribution in [1.29, 1.82) is 0 Å². The highest BCUT2D eigenvalue weighted by atomic mass is 16.5. The number of rotatable bonds is 1. The Morgan fingerprint density at radius 3 is 2.83 bits per heavy atom. The summed E-state index contributed by atoms with van der Waals surface area (Å²) in [5.41, 5.74) is 0.609. The number of aliphatic hydroxyl groups is 1. The zero-order chi connectivity index (χ0) is 13.5. The van der Waals surface area contributed by atoms with Crippen LogP contribution < -0.4 is 0 Å². The lowest BCUT2D eigenvalue weighted by Gasteiger charge is -2.45. The molecular weight excluding hydrogens is 232 g/mol. The standard InChI is InChI=1S/C14H18O4/c1-8-13(18-9(2)15)5-4-10-6-11(16)12(17)7-14(8,10)3/h6-8,13,17H,4-5H2,1-3H3. The van der Waals surface area contributed by atoms with Crippen LogP contribution in [0.3, 0.4) is 0 Å². The van der Waals surface area contributed by atoms with Crippen molar-refractivity contribution >= 4 is 11.8 Å². The van der Waals surface area contributed by atoms with Gasteiger partial charge in [-0.2, -0.15) is 0 Å². The number of aliphatic hydroxyl groups excluding tert-OH is 1. The van der Waals surface area contributed by atoms with Gasteiger partial charge in [-0.25, -0.2) is 0 Å². The molecule has 0 bridgehead atoms. The Morgan fingerprint density at radius 1 is 1.56 bits per heavy atom. The molecule has 3 unspecified atom stereocenters. The first-order valence-corrected chi connectivity index (χ1v) is 6.19. The minimum absolute atomic E-state index is 0.0386. The van der Waals surface area contributed by atoms with Gasteiger partial charge in [0.25, 0.3) is 0 Å². The summed E-state index contributed by atoms with van der Waals surface area (Å²) < 4.78 is 5.32. The van der Waals surface area contributed by atoms with Crippen molar-refractivity contribution in [3.63, 3.8) is 0 Å². The summed E-state index contributed by atoms with van der Waals surface area (Å²) in [4.78, 5) is 22.6. The van der Waals surface area contributed by atoms with Crippen LogP contribution in [-0.4, -0.2) is 23.0 Å². The normalized spacial score (nSPS) is 35.4. The van der Waals surface area contributed by atoms with Gasteiger partial charge in [-0.3, -0.25) is 9.59 Å². The van der Waals surface area contributed by atoms with Crippen molar-refractivity contribution in [1.82, 2.24) is 0 Å². The van der Waals surface area contributed by atoms with Crippen molar-refractivity contribution in [2.24, 2.45) is 11.3 Å². The van der Waals surface area contributed by atoms with Crippen LogP contribution in [-0.2, 0) is 14.3 Å². The highest BCUT2D eigenvalue weighted by Crippen LogP contribution is 2.49. The second-order valence-corrected chi connectivity index (χ2v) is 5.32.